The fourth-order valence-corrected chi connectivity index (χ4v) is 2.94. The fourth-order valence-electron chi connectivity index (χ4n) is 2.94. The molecule has 3 aromatic carbocycles. The second-order valence-corrected chi connectivity index (χ2v) is 5.66. The number of aliphatic carboxylic acids is 1. The molecule has 25 heavy (non-hydrogen) atoms. The molecule has 0 radical (unpaired) electrons. The van der Waals surface area contributed by atoms with Gasteiger partial charge in [-0.3, -0.25) is 5.43 Å². The number of phenols is 1. The summed E-state index contributed by atoms with van der Waals surface area (Å²) in [6, 6.07) is 19.4. The van der Waals surface area contributed by atoms with Crippen LogP contribution in [-0.2, 0) is 15.3 Å². The van der Waals surface area contributed by atoms with Gasteiger partial charge in [-0.25, -0.2) is 4.79 Å². The van der Waals surface area contributed by atoms with E-state index >= 15 is 0 Å². The Bertz CT molecular complexity index is 1010. The third-order valence-corrected chi connectivity index (χ3v) is 4.17. The Hall–Kier alpha value is -3.54. The van der Waals surface area contributed by atoms with Crippen LogP contribution in [0.25, 0.3) is 10.8 Å². The number of aromatic hydroxyl groups is 1. The fraction of sp³-hybridized carbons (Fsp3) is 0.0526. The Labute approximate surface area is 143 Å². The number of hydrogen-bond acceptors (Lipinski definition) is 5. The van der Waals surface area contributed by atoms with Gasteiger partial charge in [0.25, 0.3) is 0 Å². The number of hydrazone groups is 1. The molecule has 6 nitrogen and oxygen atoms in total. The van der Waals surface area contributed by atoms with Gasteiger partial charge < -0.3 is 14.9 Å². The molecule has 1 aliphatic heterocycles. The van der Waals surface area contributed by atoms with Gasteiger partial charge in [0.05, 0.1) is 5.56 Å². The summed E-state index contributed by atoms with van der Waals surface area (Å²) in [4.78, 5) is 11.9. The van der Waals surface area contributed by atoms with E-state index in [9.17, 15) is 15.0 Å². The molecule has 0 aliphatic carbocycles. The van der Waals surface area contributed by atoms with Crippen molar-refractivity contribution >= 4 is 22.6 Å². The normalized spacial score (nSPS) is 19.1. The SMILES string of the molecule is O=C(O)C1(c2ccccc2O)NN=C(c2cccc3ccccc23)O1. The number of phenolic OH excluding ortho intramolecular Hbond substituents is 1. The Balaban J connectivity index is 1.81. The van der Waals surface area contributed by atoms with E-state index < -0.39 is 11.7 Å². The molecular formula is C19H14N2O4. The molecule has 1 unspecified atom stereocenters. The number of nitrogens with zero attached hydrogens (tertiary/aromatic N) is 1. The van der Waals surface area contributed by atoms with Crippen LogP contribution in [-0.4, -0.2) is 22.1 Å². The molecule has 4 rings (SSSR count). The van der Waals surface area contributed by atoms with Gasteiger partial charge >= 0.3 is 11.7 Å². The van der Waals surface area contributed by atoms with Crippen molar-refractivity contribution in [1.29, 1.82) is 0 Å². The van der Waals surface area contributed by atoms with E-state index in [2.05, 4.69) is 10.5 Å². The van der Waals surface area contributed by atoms with E-state index in [-0.39, 0.29) is 17.2 Å². The van der Waals surface area contributed by atoms with E-state index in [4.69, 9.17) is 4.74 Å². The first kappa shape index (κ1) is 15.0. The van der Waals surface area contributed by atoms with Crippen molar-refractivity contribution < 1.29 is 19.7 Å². The molecule has 3 N–H and O–H groups in total. The second kappa shape index (κ2) is 5.52. The van der Waals surface area contributed by atoms with Crippen LogP contribution in [0.5, 0.6) is 5.75 Å². The van der Waals surface area contributed by atoms with Gasteiger partial charge in [0.15, 0.2) is 0 Å². The summed E-state index contributed by atoms with van der Waals surface area (Å²) in [6.07, 6.45) is 0. The molecule has 1 atom stereocenters. The summed E-state index contributed by atoms with van der Waals surface area (Å²) in [6.45, 7) is 0. The van der Waals surface area contributed by atoms with Crippen molar-refractivity contribution in [3.8, 4) is 5.75 Å². The van der Waals surface area contributed by atoms with E-state index in [0.29, 0.717) is 5.56 Å². The van der Waals surface area contributed by atoms with Crippen LogP contribution in [0.3, 0.4) is 0 Å². The Morgan fingerprint density at radius 3 is 2.52 bits per heavy atom. The molecule has 3 aromatic rings. The molecular weight excluding hydrogens is 320 g/mol. The molecule has 1 heterocycles. The van der Waals surface area contributed by atoms with Gasteiger partial charge in [0.2, 0.25) is 5.90 Å². The highest BCUT2D eigenvalue weighted by molar-refractivity contribution is 6.08. The smallest absolute Gasteiger partial charge is 0.376 e. The third kappa shape index (κ3) is 2.27. The number of carboxylic acids is 1. The van der Waals surface area contributed by atoms with Crippen LogP contribution < -0.4 is 5.43 Å². The van der Waals surface area contributed by atoms with Crippen LogP contribution in [0.2, 0.25) is 0 Å². The van der Waals surface area contributed by atoms with Gasteiger partial charge in [0, 0.05) is 5.56 Å². The topological polar surface area (TPSA) is 91.2 Å². The second-order valence-electron chi connectivity index (χ2n) is 5.66. The molecule has 0 saturated carbocycles. The summed E-state index contributed by atoms with van der Waals surface area (Å²) in [5.74, 6) is -1.33. The molecule has 6 heteroatoms. The van der Waals surface area contributed by atoms with Crippen molar-refractivity contribution in [2.75, 3.05) is 0 Å². The van der Waals surface area contributed by atoms with E-state index in [1.54, 1.807) is 12.1 Å². The third-order valence-electron chi connectivity index (χ3n) is 4.17. The number of fused-ring (bicyclic) bond motifs is 1. The van der Waals surface area contributed by atoms with Crippen LogP contribution >= 0.6 is 0 Å². The number of nitrogens with one attached hydrogen (secondary N) is 1. The molecule has 0 fully saturated rings. The largest absolute Gasteiger partial charge is 0.507 e. The Morgan fingerprint density at radius 2 is 1.72 bits per heavy atom. The van der Waals surface area contributed by atoms with Gasteiger partial charge in [0.1, 0.15) is 5.75 Å². The molecule has 0 bridgehead atoms. The maximum atomic E-state index is 11.9. The van der Waals surface area contributed by atoms with Crippen LogP contribution in [0.1, 0.15) is 11.1 Å². The van der Waals surface area contributed by atoms with Crippen molar-refractivity contribution in [2.24, 2.45) is 5.10 Å². The minimum absolute atomic E-state index is 0.0847. The standard InChI is InChI=1S/C19H14N2O4/c22-16-11-4-3-10-15(16)19(18(23)24)21-20-17(25-19)14-9-5-7-12-6-1-2-8-13(12)14/h1-11,21-22H,(H,23,24). The minimum Gasteiger partial charge on any atom is -0.507 e. The van der Waals surface area contributed by atoms with Gasteiger partial charge in [-0.15, -0.1) is 5.10 Å². The lowest BCUT2D eigenvalue weighted by Crippen LogP contribution is -2.46. The van der Waals surface area contributed by atoms with Gasteiger partial charge in [-0.1, -0.05) is 48.5 Å². The first-order chi connectivity index (χ1) is 12.1. The molecule has 1 aliphatic rings. The lowest BCUT2D eigenvalue weighted by atomic mass is 10.0. The van der Waals surface area contributed by atoms with Crippen LogP contribution in [0.4, 0.5) is 0 Å². The number of ether oxygens (including phenoxy) is 1. The molecule has 0 aromatic heterocycles. The highest BCUT2D eigenvalue weighted by Gasteiger charge is 2.50. The number of para-hydroxylation sites is 1. The predicted molar refractivity (Wildman–Crippen MR) is 92.1 cm³/mol. The van der Waals surface area contributed by atoms with Gasteiger partial charge in [-0.2, -0.15) is 0 Å². The Morgan fingerprint density at radius 1 is 1.00 bits per heavy atom. The van der Waals surface area contributed by atoms with Crippen LogP contribution in [0.15, 0.2) is 71.8 Å². The van der Waals surface area contributed by atoms with Crippen molar-refractivity contribution in [3.63, 3.8) is 0 Å². The first-order valence-corrected chi connectivity index (χ1v) is 7.66. The lowest BCUT2D eigenvalue weighted by molar-refractivity contribution is -0.159. The number of carboxylic acid groups (broad SMARTS) is 1. The Kier molecular flexibility index (Phi) is 3.32. The zero-order chi connectivity index (χ0) is 17.4. The maximum absolute atomic E-state index is 11.9. The average molecular weight is 334 g/mol. The number of benzene rings is 3. The van der Waals surface area contributed by atoms with E-state index in [1.165, 1.54) is 12.1 Å². The highest BCUT2D eigenvalue weighted by Crippen LogP contribution is 2.35. The first-order valence-electron chi connectivity index (χ1n) is 7.66. The zero-order valence-electron chi connectivity index (χ0n) is 13.0. The molecule has 0 amide bonds. The molecule has 0 spiro atoms. The van der Waals surface area contributed by atoms with Crippen molar-refractivity contribution in [1.82, 2.24) is 5.43 Å². The quantitative estimate of drug-likeness (QED) is 0.685. The molecule has 0 saturated heterocycles. The number of carbonyl (C=O) groups is 1. The predicted octanol–water partition coefficient (Wildman–Crippen LogP) is 2.76. The van der Waals surface area contributed by atoms with E-state index in [0.717, 1.165) is 10.8 Å². The summed E-state index contributed by atoms with van der Waals surface area (Å²) in [7, 11) is 0. The lowest BCUT2D eigenvalue weighted by Gasteiger charge is -2.24. The van der Waals surface area contributed by atoms with Gasteiger partial charge in [-0.05, 0) is 29.0 Å². The zero-order valence-corrected chi connectivity index (χ0v) is 13.0. The maximum Gasteiger partial charge on any atom is 0.376 e. The summed E-state index contributed by atoms with van der Waals surface area (Å²) < 4.78 is 5.75. The summed E-state index contributed by atoms with van der Waals surface area (Å²) >= 11 is 0. The number of hydrogen-bond donors (Lipinski definition) is 3. The highest BCUT2D eigenvalue weighted by atomic mass is 16.6. The summed E-state index contributed by atoms with van der Waals surface area (Å²) in [5, 5.41) is 25.8. The average Bonchev–Trinajstić information content (AvgIpc) is 3.08. The minimum atomic E-state index is -1.97. The molecule has 124 valence electrons. The summed E-state index contributed by atoms with van der Waals surface area (Å²) in [5.41, 5.74) is 1.33. The van der Waals surface area contributed by atoms with Crippen molar-refractivity contribution in [3.05, 3.63) is 77.9 Å². The van der Waals surface area contributed by atoms with Crippen LogP contribution in [0, 0.1) is 0 Å². The van der Waals surface area contributed by atoms with E-state index in [1.807, 2.05) is 42.5 Å². The van der Waals surface area contributed by atoms with Crippen molar-refractivity contribution in [2.45, 2.75) is 5.72 Å². The number of rotatable bonds is 3. The monoisotopic (exact) mass is 334 g/mol.